The van der Waals surface area contributed by atoms with Crippen molar-refractivity contribution in [1.82, 2.24) is 20.6 Å². The molecule has 2 saturated heterocycles. The maximum absolute atomic E-state index is 14.2. The predicted molar refractivity (Wildman–Crippen MR) is 282 cm³/mol. The average molecular weight is 1070 g/mol. The molecule has 2 aliphatic heterocycles. The van der Waals surface area contributed by atoms with E-state index in [-0.39, 0.29) is 47.5 Å². The van der Waals surface area contributed by atoms with E-state index in [9.17, 15) is 42.7 Å². The molecule has 2 unspecified atom stereocenters. The second kappa shape index (κ2) is 21.7. The van der Waals surface area contributed by atoms with Gasteiger partial charge in [-0.15, -0.1) is 11.3 Å². The van der Waals surface area contributed by atoms with E-state index < -0.39 is 70.7 Å². The van der Waals surface area contributed by atoms with Crippen LogP contribution in [0.3, 0.4) is 0 Å². The minimum Gasteiger partial charge on any atom is -0.482 e. The molecule has 3 N–H and O–H groups in total. The Morgan fingerprint density at radius 3 is 2.19 bits per heavy atom. The molecule has 3 aliphatic rings. The Morgan fingerprint density at radius 2 is 1.59 bits per heavy atom. The summed E-state index contributed by atoms with van der Waals surface area (Å²) in [6, 6.07) is 22.0. The number of hydrogen-bond acceptors (Lipinski definition) is 13. The summed E-state index contributed by atoms with van der Waals surface area (Å²) in [5.41, 5.74) is 2.45. The van der Waals surface area contributed by atoms with Crippen molar-refractivity contribution in [3.05, 3.63) is 113 Å². The number of thiocarbonyl (C=S) groups is 1. The number of aromatic nitrogens is 2. The Hall–Kier alpha value is -6.95. The first-order chi connectivity index (χ1) is 35.4. The number of piperidine rings is 1. The summed E-state index contributed by atoms with van der Waals surface area (Å²) in [6.07, 6.45) is -2.74. The van der Waals surface area contributed by atoms with Gasteiger partial charge in [0.05, 0.1) is 69.3 Å². The molecular weight excluding hydrogens is 1010 g/mol. The molecule has 8 rings (SSSR count). The SMILES string of the molecule is Cc1ncsc1-c1ccc([C@H](C)NC(=O)[C@@H]2C[C@@H](O)CC2C(=O)C(NC(=O)COc2ccc(OC3CCN(c4ccc(N5C(=S)N(c6ccc(C#N)c(C(F)(F)F)c6)C(=O)C5(C)C)cc4)CC3)nc2)C(C)(C)C)cc1. The molecule has 20 heteroatoms. The number of aliphatic hydroxyl groups excluding tert-OH is 1. The Bertz CT molecular complexity index is 2980. The lowest BCUT2D eigenvalue weighted by atomic mass is 9.77. The molecule has 2 aromatic heterocycles. The number of halogens is 3. The van der Waals surface area contributed by atoms with Crippen LogP contribution in [0.25, 0.3) is 10.4 Å². The Kier molecular flexibility index (Phi) is 15.7. The number of nitrogens with one attached hydrogen (secondary N) is 2. The molecule has 3 amide bonds. The van der Waals surface area contributed by atoms with Gasteiger partial charge in [-0.05, 0) is 118 Å². The molecule has 4 heterocycles. The molecule has 3 fully saturated rings. The zero-order valence-electron chi connectivity index (χ0n) is 42.6. The molecule has 0 radical (unpaired) electrons. The zero-order valence-corrected chi connectivity index (χ0v) is 44.2. The first-order valence-electron chi connectivity index (χ1n) is 24.7. The van der Waals surface area contributed by atoms with Crippen molar-refractivity contribution in [2.24, 2.45) is 17.3 Å². The van der Waals surface area contributed by atoms with E-state index in [1.165, 1.54) is 12.3 Å². The zero-order chi connectivity index (χ0) is 54.1. The number of Topliss-reactive ketones (excluding diaryl/α,β-unsaturated/α-hetero) is 1. The number of ketones is 1. The van der Waals surface area contributed by atoms with E-state index in [0.29, 0.717) is 43.2 Å². The third-order valence-corrected chi connectivity index (χ3v) is 15.5. The lowest BCUT2D eigenvalue weighted by Gasteiger charge is -2.34. The second-order valence-corrected chi connectivity index (χ2v) is 22.0. The van der Waals surface area contributed by atoms with Gasteiger partial charge in [0, 0.05) is 49.3 Å². The summed E-state index contributed by atoms with van der Waals surface area (Å²) < 4.78 is 53.4. The molecule has 1 saturated carbocycles. The molecule has 0 spiro atoms. The standard InChI is InChI=1S/C55H59F3N8O7S2/c1-31(33-8-10-34(11-9-33)48-32(2)61-30-75-48)62-50(70)43-26-39(67)25-42(43)47(69)49(53(3,4)5)63-45(68)29-72-41-18-19-46(60-28-41)73-40-20-22-64(23-21-40)36-14-16-37(17-15-36)66-52(74)65(51(71)54(66,6)7)38-13-12-35(27-59)44(24-38)55(56,57)58/h8-19,24,28,30-31,39-40,42-43,49,67H,20-23,25-26,29H2,1-7H3,(H,62,70)(H,63,68)/t31-,39-,42?,43+,49?/m0/s1. The Labute approximate surface area is 443 Å². The number of rotatable bonds is 15. The number of anilines is 3. The topological polar surface area (TPSA) is 190 Å². The Balaban J connectivity index is 0.806. The molecule has 1 aliphatic carbocycles. The molecule has 394 valence electrons. The van der Waals surface area contributed by atoms with E-state index in [1.54, 1.807) is 53.8 Å². The van der Waals surface area contributed by atoms with E-state index in [0.717, 1.165) is 44.4 Å². The quantitative estimate of drug-likeness (QED) is 0.0843. The number of nitrogens with zero attached hydrogens (tertiary/aromatic N) is 6. The van der Waals surface area contributed by atoms with Crippen molar-refractivity contribution in [3.8, 4) is 28.1 Å². The first kappa shape index (κ1) is 54.3. The van der Waals surface area contributed by atoms with Crippen LogP contribution in [-0.4, -0.2) is 87.2 Å². The lowest BCUT2D eigenvalue weighted by molar-refractivity contribution is -0.138. The van der Waals surface area contributed by atoms with E-state index in [4.69, 9.17) is 21.7 Å². The van der Waals surface area contributed by atoms with Crippen LogP contribution in [-0.2, 0) is 25.4 Å². The van der Waals surface area contributed by atoms with Crippen LogP contribution in [0.2, 0.25) is 0 Å². The molecule has 0 bridgehead atoms. The van der Waals surface area contributed by atoms with Gasteiger partial charge in [-0.25, -0.2) is 9.97 Å². The molecule has 3 aromatic carbocycles. The number of ether oxygens (including phenoxy) is 2. The van der Waals surface area contributed by atoms with E-state index >= 15 is 0 Å². The van der Waals surface area contributed by atoms with Gasteiger partial charge in [0.2, 0.25) is 11.8 Å². The van der Waals surface area contributed by atoms with Gasteiger partial charge in [0.1, 0.15) is 17.4 Å². The van der Waals surface area contributed by atoms with Crippen LogP contribution in [0.4, 0.5) is 30.2 Å². The molecule has 5 aromatic rings. The van der Waals surface area contributed by atoms with Crippen molar-refractivity contribution >= 4 is 69.2 Å². The van der Waals surface area contributed by atoms with Gasteiger partial charge in [-0.3, -0.25) is 24.1 Å². The number of pyridine rings is 1. The van der Waals surface area contributed by atoms with Gasteiger partial charge in [-0.2, -0.15) is 18.4 Å². The maximum atomic E-state index is 14.2. The smallest absolute Gasteiger partial charge is 0.417 e. The number of benzene rings is 3. The van der Waals surface area contributed by atoms with Crippen LogP contribution in [0.5, 0.6) is 11.6 Å². The summed E-state index contributed by atoms with van der Waals surface area (Å²) in [7, 11) is 0. The lowest BCUT2D eigenvalue weighted by Crippen LogP contribution is -2.53. The number of thiazole rings is 1. The maximum Gasteiger partial charge on any atom is 0.417 e. The monoisotopic (exact) mass is 1060 g/mol. The van der Waals surface area contributed by atoms with Crippen molar-refractivity contribution in [2.45, 2.75) is 110 Å². The minimum absolute atomic E-state index is 0.0116. The summed E-state index contributed by atoms with van der Waals surface area (Å²) in [6.45, 7) is 13.6. The molecule has 75 heavy (non-hydrogen) atoms. The highest BCUT2D eigenvalue weighted by Gasteiger charge is 2.51. The van der Waals surface area contributed by atoms with Crippen LogP contribution >= 0.6 is 23.6 Å². The van der Waals surface area contributed by atoms with Crippen molar-refractivity contribution < 1.29 is 46.9 Å². The van der Waals surface area contributed by atoms with Crippen molar-refractivity contribution in [3.63, 3.8) is 0 Å². The normalized spacial score (nSPS) is 19.9. The third-order valence-electron chi connectivity index (χ3n) is 14.1. The predicted octanol–water partition coefficient (Wildman–Crippen LogP) is 9.11. The van der Waals surface area contributed by atoms with Crippen LogP contribution in [0.1, 0.15) is 95.7 Å². The largest absolute Gasteiger partial charge is 0.482 e. The second-order valence-electron chi connectivity index (χ2n) is 20.8. The number of nitriles is 1. The number of amides is 3. The van der Waals surface area contributed by atoms with Gasteiger partial charge in [0.15, 0.2) is 17.5 Å². The van der Waals surface area contributed by atoms with Gasteiger partial charge in [0.25, 0.3) is 11.8 Å². The van der Waals surface area contributed by atoms with E-state index in [2.05, 4.69) is 25.5 Å². The van der Waals surface area contributed by atoms with E-state index in [1.807, 2.05) is 83.1 Å². The summed E-state index contributed by atoms with van der Waals surface area (Å²) >= 11 is 7.26. The molecule has 5 atom stereocenters. The van der Waals surface area contributed by atoms with Gasteiger partial charge in [-0.1, -0.05) is 45.0 Å². The highest BCUT2D eigenvalue weighted by Crippen LogP contribution is 2.41. The highest BCUT2D eigenvalue weighted by molar-refractivity contribution is 7.81. The van der Waals surface area contributed by atoms with Crippen molar-refractivity contribution in [1.29, 1.82) is 5.26 Å². The Morgan fingerprint density at radius 1 is 0.933 bits per heavy atom. The number of aryl methyl sites for hydroxylation is 1. The summed E-state index contributed by atoms with van der Waals surface area (Å²) in [4.78, 5) is 69.7. The van der Waals surface area contributed by atoms with Crippen molar-refractivity contribution in [2.75, 3.05) is 34.4 Å². The number of carbonyl (C=O) groups is 4. The number of hydrogen-bond donors (Lipinski definition) is 3. The molecule has 15 nitrogen and oxygen atoms in total. The van der Waals surface area contributed by atoms with Gasteiger partial charge >= 0.3 is 6.18 Å². The fourth-order valence-corrected chi connectivity index (χ4v) is 11.3. The van der Waals surface area contributed by atoms with Crippen LogP contribution in [0.15, 0.2) is 90.6 Å². The summed E-state index contributed by atoms with van der Waals surface area (Å²) in [5, 5.41) is 25.9. The van der Waals surface area contributed by atoms with Gasteiger partial charge < -0.3 is 35.0 Å². The summed E-state index contributed by atoms with van der Waals surface area (Å²) in [5.74, 6) is -2.60. The number of aliphatic hydroxyl groups is 1. The average Bonchev–Trinajstić information content (AvgIpc) is 4.04. The fourth-order valence-electron chi connectivity index (χ4n) is 10.00. The first-order valence-corrected chi connectivity index (χ1v) is 26.0. The third kappa shape index (κ3) is 11.8. The van der Waals surface area contributed by atoms with Crippen LogP contribution < -0.4 is 34.8 Å². The highest BCUT2D eigenvalue weighted by atomic mass is 32.1. The number of alkyl halides is 3. The number of carbonyl (C=O) groups excluding carboxylic acids is 4. The molecular formula is C55H59F3N8O7S2. The minimum atomic E-state index is -4.81. The fraction of sp³-hybridized carbons (Fsp3) is 0.418. The van der Waals surface area contributed by atoms with Crippen LogP contribution in [0, 0.1) is 35.5 Å².